The molecular weight excluding hydrogens is 520 g/mol. The summed E-state index contributed by atoms with van der Waals surface area (Å²) in [6.45, 7) is 0. The van der Waals surface area contributed by atoms with E-state index in [1.165, 1.54) is 0 Å². The maximum atomic E-state index is 9.27. The van der Waals surface area contributed by atoms with Crippen molar-refractivity contribution in [1.82, 2.24) is 0 Å². The summed E-state index contributed by atoms with van der Waals surface area (Å²) in [5.74, 6) is 0. The van der Waals surface area contributed by atoms with Gasteiger partial charge < -0.3 is 4.42 Å². The third-order valence-corrected chi connectivity index (χ3v) is 8.56. The summed E-state index contributed by atoms with van der Waals surface area (Å²) in [4.78, 5) is 0. The molecule has 0 aliphatic heterocycles. The van der Waals surface area contributed by atoms with Gasteiger partial charge >= 0.3 is 0 Å². The van der Waals surface area contributed by atoms with Crippen molar-refractivity contribution in [1.29, 1.82) is 0 Å². The molecule has 0 unspecified atom stereocenters. The van der Waals surface area contributed by atoms with Gasteiger partial charge in [0.1, 0.15) is 11.2 Å². The van der Waals surface area contributed by atoms with Crippen molar-refractivity contribution in [2.45, 2.75) is 0 Å². The van der Waals surface area contributed by atoms with E-state index in [2.05, 4.69) is 60.7 Å². The van der Waals surface area contributed by atoms with Gasteiger partial charge in [-0.3, -0.25) is 0 Å². The monoisotopic (exact) mass is 550 g/mol. The summed E-state index contributed by atoms with van der Waals surface area (Å²) in [7, 11) is 0. The summed E-state index contributed by atoms with van der Waals surface area (Å²) in [6, 6.07) is 44.2. The largest absolute Gasteiger partial charge is 0.456 e. The standard InChI is InChI=1S/C42H26O/c1-2-13-27(14-3-1)30-17-6-7-18-31(30)40-32-19-8-10-21-34(32)41(35-22-11-9-20-33(35)40)36-23-12-24-38-42(36)37-25-28-15-4-5-16-29(28)26-39(37)43-38/h1-26H/i6D,7D,17D,18D. The van der Waals surface area contributed by atoms with E-state index in [4.69, 9.17) is 8.53 Å². The summed E-state index contributed by atoms with van der Waals surface area (Å²) in [6.07, 6.45) is 0. The van der Waals surface area contributed by atoms with E-state index < -0.39 is 0 Å². The molecule has 0 bridgehead atoms. The molecular formula is C42H26O. The minimum atomic E-state index is -0.246. The lowest BCUT2D eigenvalue weighted by molar-refractivity contribution is 0.669. The van der Waals surface area contributed by atoms with Gasteiger partial charge in [-0.1, -0.05) is 139 Å². The first-order valence-corrected chi connectivity index (χ1v) is 14.4. The number of fused-ring (bicyclic) bond motifs is 6. The van der Waals surface area contributed by atoms with Crippen LogP contribution in [-0.4, -0.2) is 0 Å². The predicted octanol–water partition coefficient (Wildman–Crippen LogP) is 12.0. The van der Waals surface area contributed by atoms with Crippen LogP contribution >= 0.6 is 0 Å². The minimum absolute atomic E-state index is 0.0497. The zero-order chi connectivity index (χ0) is 31.8. The van der Waals surface area contributed by atoms with Crippen molar-refractivity contribution in [2.24, 2.45) is 0 Å². The fraction of sp³-hybridized carbons (Fsp3) is 0. The van der Waals surface area contributed by atoms with E-state index in [1.807, 2.05) is 72.8 Å². The van der Waals surface area contributed by atoms with Crippen LogP contribution in [0.4, 0.5) is 0 Å². The summed E-state index contributed by atoms with van der Waals surface area (Å²) in [5.41, 5.74) is 6.29. The quantitative estimate of drug-likeness (QED) is 0.199. The molecule has 43 heavy (non-hydrogen) atoms. The molecule has 0 amide bonds. The third-order valence-electron chi connectivity index (χ3n) is 8.56. The highest BCUT2D eigenvalue weighted by Gasteiger charge is 2.21. The molecule has 0 N–H and O–H groups in total. The first-order valence-electron chi connectivity index (χ1n) is 16.4. The first-order chi connectivity index (χ1) is 23.0. The summed E-state index contributed by atoms with van der Waals surface area (Å²) >= 11 is 0. The first kappa shape index (κ1) is 20.3. The van der Waals surface area contributed by atoms with E-state index in [-0.39, 0.29) is 24.2 Å². The summed E-state index contributed by atoms with van der Waals surface area (Å²) < 4.78 is 42.1. The highest BCUT2D eigenvalue weighted by Crippen LogP contribution is 2.48. The molecule has 0 radical (unpaired) electrons. The van der Waals surface area contributed by atoms with Gasteiger partial charge in [-0.25, -0.2) is 0 Å². The second-order valence-electron chi connectivity index (χ2n) is 10.9. The molecule has 9 rings (SSSR count). The Morgan fingerprint density at radius 1 is 0.419 bits per heavy atom. The van der Waals surface area contributed by atoms with Crippen LogP contribution in [-0.2, 0) is 0 Å². The van der Waals surface area contributed by atoms with Crippen LogP contribution in [0.15, 0.2) is 162 Å². The highest BCUT2D eigenvalue weighted by atomic mass is 16.3. The lowest BCUT2D eigenvalue weighted by atomic mass is 9.83. The van der Waals surface area contributed by atoms with Gasteiger partial charge in [-0.15, -0.1) is 0 Å². The van der Waals surface area contributed by atoms with Gasteiger partial charge in [0.05, 0.1) is 5.48 Å². The molecule has 0 saturated heterocycles. The third kappa shape index (κ3) is 3.65. The maximum absolute atomic E-state index is 9.27. The van der Waals surface area contributed by atoms with Crippen molar-refractivity contribution in [3.8, 4) is 33.4 Å². The Bertz CT molecular complexity index is 2670. The number of hydrogen-bond donors (Lipinski definition) is 0. The Morgan fingerprint density at radius 3 is 1.65 bits per heavy atom. The zero-order valence-corrected chi connectivity index (χ0v) is 23.1. The molecule has 0 atom stereocenters. The van der Waals surface area contributed by atoms with E-state index >= 15 is 0 Å². The SMILES string of the molecule is [2H]c1c([2H])c([2H])c(-c2c3ccccc3c(-c3cccc4oc5cc6ccccc6cc5c34)c3ccccc23)c(-c2ccccc2)c1[2H]. The Hall–Kier alpha value is -5.66. The van der Waals surface area contributed by atoms with Crippen molar-refractivity contribution in [3.05, 3.63) is 158 Å². The second-order valence-corrected chi connectivity index (χ2v) is 10.9. The predicted molar refractivity (Wildman–Crippen MR) is 183 cm³/mol. The maximum Gasteiger partial charge on any atom is 0.136 e. The second kappa shape index (κ2) is 9.44. The molecule has 200 valence electrons. The van der Waals surface area contributed by atoms with Crippen molar-refractivity contribution < 1.29 is 9.90 Å². The lowest BCUT2D eigenvalue weighted by Gasteiger charge is -2.20. The van der Waals surface area contributed by atoms with Crippen molar-refractivity contribution >= 4 is 54.3 Å². The average Bonchev–Trinajstić information content (AvgIpc) is 3.48. The van der Waals surface area contributed by atoms with E-state index in [0.717, 1.165) is 76.5 Å². The lowest BCUT2D eigenvalue weighted by Crippen LogP contribution is -1.93. The minimum Gasteiger partial charge on any atom is -0.456 e. The number of hydrogen-bond acceptors (Lipinski definition) is 1. The van der Waals surface area contributed by atoms with Crippen LogP contribution in [0.2, 0.25) is 0 Å². The summed E-state index contributed by atoms with van der Waals surface area (Å²) in [5, 5.41) is 8.19. The molecule has 1 heterocycles. The van der Waals surface area contributed by atoms with Crippen LogP contribution < -0.4 is 0 Å². The van der Waals surface area contributed by atoms with E-state index in [0.29, 0.717) is 11.1 Å². The fourth-order valence-electron chi connectivity index (χ4n) is 6.73. The van der Waals surface area contributed by atoms with Crippen molar-refractivity contribution in [3.63, 3.8) is 0 Å². The molecule has 1 heteroatoms. The van der Waals surface area contributed by atoms with E-state index in [9.17, 15) is 1.37 Å². The van der Waals surface area contributed by atoms with Crippen LogP contribution in [0, 0.1) is 0 Å². The van der Waals surface area contributed by atoms with Crippen LogP contribution in [0.5, 0.6) is 0 Å². The molecule has 8 aromatic carbocycles. The molecule has 0 aliphatic rings. The topological polar surface area (TPSA) is 13.1 Å². The van der Waals surface area contributed by atoms with Gasteiger partial charge in [0.2, 0.25) is 0 Å². The average molecular weight is 551 g/mol. The van der Waals surface area contributed by atoms with Crippen LogP contribution in [0.25, 0.3) is 87.6 Å². The molecule has 1 aromatic heterocycles. The van der Waals surface area contributed by atoms with Gasteiger partial charge in [0, 0.05) is 10.8 Å². The number of rotatable bonds is 3. The fourth-order valence-corrected chi connectivity index (χ4v) is 6.73. The highest BCUT2D eigenvalue weighted by molar-refractivity contribution is 6.26. The molecule has 1 nitrogen and oxygen atoms in total. The Balaban J connectivity index is 1.46. The molecule has 9 aromatic rings. The number of benzene rings is 8. The van der Waals surface area contributed by atoms with Gasteiger partial charge in [0.25, 0.3) is 0 Å². The van der Waals surface area contributed by atoms with Crippen LogP contribution in [0.1, 0.15) is 5.48 Å². The molecule has 0 aliphatic carbocycles. The zero-order valence-electron chi connectivity index (χ0n) is 27.1. The van der Waals surface area contributed by atoms with Crippen molar-refractivity contribution in [2.75, 3.05) is 0 Å². The van der Waals surface area contributed by atoms with Crippen LogP contribution in [0.3, 0.4) is 0 Å². The van der Waals surface area contributed by atoms with Gasteiger partial charge in [-0.2, -0.15) is 0 Å². The van der Waals surface area contributed by atoms with E-state index in [1.54, 1.807) is 0 Å². The molecule has 0 spiro atoms. The Kier molecular flexibility index (Phi) is 4.45. The molecule has 0 saturated carbocycles. The number of furan rings is 1. The normalized spacial score (nSPS) is 13.0. The van der Waals surface area contributed by atoms with Gasteiger partial charge in [-0.05, 0) is 83.9 Å². The Morgan fingerprint density at radius 2 is 0.977 bits per heavy atom. The smallest absolute Gasteiger partial charge is 0.136 e. The Labute approximate surface area is 254 Å². The molecule has 0 fully saturated rings. The van der Waals surface area contributed by atoms with Gasteiger partial charge in [0.15, 0.2) is 0 Å².